The summed E-state index contributed by atoms with van der Waals surface area (Å²) in [6.07, 6.45) is -0.131. The van der Waals surface area contributed by atoms with E-state index in [0.29, 0.717) is 4.88 Å². The van der Waals surface area contributed by atoms with Gasteiger partial charge in [-0.1, -0.05) is 17.7 Å². The van der Waals surface area contributed by atoms with Gasteiger partial charge in [0, 0.05) is 11.3 Å². The summed E-state index contributed by atoms with van der Waals surface area (Å²) in [6.45, 7) is 3.18. The molecule has 132 valence electrons. The molecule has 1 atom stereocenters. The quantitative estimate of drug-likeness (QED) is 0.660. The Morgan fingerprint density at radius 3 is 2.29 bits per heavy atom. The number of hydrogen-bond donors (Lipinski definition) is 3. The van der Waals surface area contributed by atoms with Gasteiger partial charge in [0.15, 0.2) is 0 Å². The summed E-state index contributed by atoms with van der Waals surface area (Å²) in [5.74, 6) is 0. The number of hydrogen-bond acceptors (Lipinski definition) is 6. The number of aryl methyl sites for hydroxylation is 1. The van der Waals surface area contributed by atoms with Gasteiger partial charge in [-0.15, -0.1) is 11.3 Å². The van der Waals surface area contributed by atoms with Gasteiger partial charge in [-0.05, 0) is 37.6 Å². The summed E-state index contributed by atoms with van der Waals surface area (Å²) in [7, 11) is -8.33. The fourth-order valence-electron chi connectivity index (χ4n) is 2.32. The van der Waals surface area contributed by atoms with E-state index < -0.39 is 25.7 Å². The van der Waals surface area contributed by atoms with E-state index in [1.165, 1.54) is 31.2 Å². The maximum Gasteiger partial charge on any atom is 0.294 e. The molecule has 0 aliphatic heterocycles. The van der Waals surface area contributed by atoms with E-state index in [1.807, 2.05) is 0 Å². The molecule has 0 saturated carbocycles. The van der Waals surface area contributed by atoms with Crippen LogP contribution in [0, 0.1) is 6.92 Å². The molecule has 1 aromatic carbocycles. The zero-order valence-corrected chi connectivity index (χ0v) is 15.4. The van der Waals surface area contributed by atoms with E-state index in [1.54, 1.807) is 13.0 Å². The SMILES string of the molecule is Cc1ccc(S(=O)(=O)O)c(CC(C)(O)c2ccc(S(N)(=O)=O)s2)c1. The topological polar surface area (TPSA) is 135 Å². The maximum atomic E-state index is 11.5. The van der Waals surface area contributed by atoms with Crippen LogP contribution in [0.15, 0.2) is 39.4 Å². The van der Waals surface area contributed by atoms with Crippen LogP contribution in [0.1, 0.15) is 22.9 Å². The highest BCUT2D eigenvalue weighted by atomic mass is 32.2. The molecule has 2 aromatic rings. The Morgan fingerprint density at radius 1 is 1.17 bits per heavy atom. The Bertz CT molecular complexity index is 974. The first-order chi connectivity index (χ1) is 10.8. The van der Waals surface area contributed by atoms with E-state index in [9.17, 15) is 26.5 Å². The first-order valence-corrected chi connectivity index (χ1v) is 10.5. The van der Waals surface area contributed by atoms with Crippen molar-refractivity contribution < 1.29 is 26.5 Å². The first kappa shape index (κ1) is 19.0. The molecule has 0 bridgehead atoms. The van der Waals surface area contributed by atoms with E-state index in [2.05, 4.69) is 0 Å². The van der Waals surface area contributed by atoms with Gasteiger partial charge < -0.3 is 5.11 Å². The van der Waals surface area contributed by atoms with Crippen LogP contribution in [0.25, 0.3) is 0 Å². The van der Waals surface area contributed by atoms with Gasteiger partial charge in [-0.25, -0.2) is 13.6 Å². The number of rotatable bonds is 5. The predicted molar refractivity (Wildman–Crippen MR) is 90.0 cm³/mol. The minimum absolute atomic E-state index is 0.1000. The fourth-order valence-corrected chi connectivity index (χ4v) is 4.79. The number of aliphatic hydroxyl groups is 1. The van der Waals surface area contributed by atoms with Crippen molar-refractivity contribution in [2.24, 2.45) is 5.14 Å². The van der Waals surface area contributed by atoms with Crippen LogP contribution in [-0.4, -0.2) is 26.5 Å². The van der Waals surface area contributed by atoms with Gasteiger partial charge >= 0.3 is 0 Å². The third-order valence-electron chi connectivity index (χ3n) is 3.42. The van der Waals surface area contributed by atoms with Crippen LogP contribution in [0.4, 0.5) is 0 Å². The first-order valence-electron chi connectivity index (χ1n) is 6.73. The lowest BCUT2D eigenvalue weighted by Crippen LogP contribution is -2.24. The smallest absolute Gasteiger partial charge is 0.294 e. The van der Waals surface area contributed by atoms with E-state index in [-0.39, 0.29) is 21.1 Å². The second-order valence-electron chi connectivity index (χ2n) is 5.70. The Morgan fingerprint density at radius 2 is 1.79 bits per heavy atom. The van der Waals surface area contributed by atoms with E-state index in [0.717, 1.165) is 16.9 Å². The van der Waals surface area contributed by atoms with Crippen LogP contribution >= 0.6 is 11.3 Å². The van der Waals surface area contributed by atoms with Crippen LogP contribution in [0.3, 0.4) is 0 Å². The van der Waals surface area contributed by atoms with Crippen LogP contribution < -0.4 is 5.14 Å². The number of sulfonamides is 1. The molecule has 0 saturated heterocycles. The van der Waals surface area contributed by atoms with Gasteiger partial charge in [0.1, 0.15) is 9.81 Å². The normalized spacial score (nSPS) is 15.2. The lowest BCUT2D eigenvalue weighted by atomic mass is 9.94. The molecule has 4 N–H and O–H groups in total. The van der Waals surface area contributed by atoms with Gasteiger partial charge in [0.2, 0.25) is 10.0 Å². The zero-order chi connectivity index (χ0) is 18.3. The van der Waals surface area contributed by atoms with Gasteiger partial charge in [0.25, 0.3) is 10.1 Å². The van der Waals surface area contributed by atoms with Crippen molar-refractivity contribution in [1.82, 2.24) is 0 Å². The van der Waals surface area contributed by atoms with Crippen molar-refractivity contribution in [3.8, 4) is 0 Å². The van der Waals surface area contributed by atoms with Crippen LogP contribution in [0.2, 0.25) is 0 Å². The summed E-state index contributed by atoms with van der Waals surface area (Å²) < 4.78 is 55.0. The molecule has 0 fully saturated rings. The molecule has 0 radical (unpaired) electrons. The number of nitrogens with two attached hydrogens (primary N) is 1. The molecule has 0 aliphatic rings. The minimum Gasteiger partial charge on any atom is -0.384 e. The Kier molecular flexibility index (Phi) is 4.92. The van der Waals surface area contributed by atoms with Gasteiger partial charge in [0.05, 0.1) is 4.90 Å². The van der Waals surface area contributed by atoms with E-state index in [4.69, 9.17) is 5.14 Å². The average Bonchev–Trinajstić information content (AvgIpc) is 2.86. The Hall–Kier alpha value is -1.30. The maximum absolute atomic E-state index is 11.5. The van der Waals surface area contributed by atoms with Crippen LogP contribution in [-0.2, 0) is 32.2 Å². The van der Waals surface area contributed by atoms with Crippen molar-refractivity contribution in [3.05, 3.63) is 46.3 Å². The van der Waals surface area contributed by atoms with Gasteiger partial charge in [-0.2, -0.15) is 8.42 Å². The Labute approximate surface area is 144 Å². The van der Waals surface area contributed by atoms with Crippen molar-refractivity contribution in [3.63, 3.8) is 0 Å². The third kappa shape index (κ3) is 4.21. The average molecular weight is 391 g/mol. The van der Waals surface area contributed by atoms with Crippen molar-refractivity contribution >= 4 is 31.5 Å². The molecular formula is C14H17NO6S3. The highest BCUT2D eigenvalue weighted by Gasteiger charge is 2.30. The summed E-state index contributed by atoms with van der Waals surface area (Å²) >= 11 is 0.809. The van der Waals surface area contributed by atoms with Crippen molar-refractivity contribution in [2.75, 3.05) is 0 Å². The fraction of sp³-hybridized carbons (Fsp3) is 0.286. The largest absolute Gasteiger partial charge is 0.384 e. The molecule has 1 heterocycles. The highest BCUT2D eigenvalue weighted by Crippen LogP contribution is 2.34. The second-order valence-corrected chi connectivity index (χ2v) is 9.96. The van der Waals surface area contributed by atoms with Crippen molar-refractivity contribution in [2.45, 2.75) is 35.0 Å². The molecule has 10 heteroatoms. The van der Waals surface area contributed by atoms with Gasteiger partial charge in [-0.3, -0.25) is 4.55 Å². The zero-order valence-electron chi connectivity index (χ0n) is 12.9. The highest BCUT2D eigenvalue weighted by molar-refractivity contribution is 7.91. The minimum atomic E-state index is -4.45. The van der Waals surface area contributed by atoms with E-state index >= 15 is 0 Å². The van der Waals surface area contributed by atoms with Crippen LogP contribution in [0.5, 0.6) is 0 Å². The standard InChI is InChI=1S/C14H17NO6S3/c1-9-3-4-11(24(19,20)21)10(7-9)8-14(2,16)12-5-6-13(22-12)23(15,17)18/h3-7,16H,8H2,1-2H3,(H2,15,17,18)(H,19,20,21). The molecule has 1 aromatic heterocycles. The summed E-state index contributed by atoms with van der Waals surface area (Å²) in [6, 6.07) is 7.05. The second kappa shape index (κ2) is 6.21. The predicted octanol–water partition coefficient (Wildman–Crippen LogP) is 1.40. The molecule has 0 amide bonds. The molecule has 7 nitrogen and oxygen atoms in total. The lowest BCUT2D eigenvalue weighted by molar-refractivity contribution is 0.0608. The molecule has 1 unspecified atom stereocenters. The molecule has 0 aliphatic carbocycles. The monoisotopic (exact) mass is 391 g/mol. The Balaban J connectivity index is 2.47. The number of thiophene rings is 1. The molecule has 0 spiro atoms. The molecule has 2 rings (SSSR count). The third-order valence-corrected chi connectivity index (χ3v) is 7.15. The van der Waals surface area contributed by atoms with Crippen molar-refractivity contribution in [1.29, 1.82) is 0 Å². The molecular weight excluding hydrogens is 374 g/mol. The molecule has 24 heavy (non-hydrogen) atoms. The summed E-state index contributed by atoms with van der Waals surface area (Å²) in [4.78, 5) is 0.0194. The number of benzene rings is 1. The lowest BCUT2D eigenvalue weighted by Gasteiger charge is -2.23. The number of primary sulfonamides is 1. The summed E-state index contributed by atoms with van der Waals surface area (Å²) in [5.41, 5.74) is -0.557. The summed E-state index contributed by atoms with van der Waals surface area (Å²) in [5, 5.41) is 15.8.